The van der Waals surface area contributed by atoms with Crippen LogP contribution in [0.25, 0.3) is 6.08 Å². The summed E-state index contributed by atoms with van der Waals surface area (Å²) in [6.45, 7) is 2.94. The number of fused-ring (bicyclic) bond motifs is 1. The lowest BCUT2D eigenvalue weighted by atomic mass is 10.00. The first kappa shape index (κ1) is 24.8. The molecule has 0 unspecified atom stereocenters. The average Bonchev–Trinajstić information content (AvgIpc) is 2.82. The van der Waals surface area contributed by atoms with Gasteiger partial charge in [-0.3, -0.25) is 0 Å². The van der Waals surface area contributed by atoms with Crippen LogP contribution >= 0.6 is 0 Å². The molecular weight excluding hydrogens is 414 g/mol. The van der Waals surface area contributed by atoms with Gasteiger partial charge in [0, 0.05) is 12.1 Å². The second kappa shape index (κ2) is 13.0. The van der Waals surface area contributed by atoms with Gasteiger partial charge in [0.25, 0.3) is 0 Å². The molecule has 0 spiro atoms. The van der Waals surface area contributed by atoms with Crippen LogP contribution in [0.2, 0.25) is 0 Å². The number of hydrogen-bond donors (Lipinski definition) is 1. The first-order chi connectivity index (χ1) is 16.1. The molecule has 0 bridgehead atoms. The van der Waals surface area contributed by atoms with Crippen LogP contribution < -0.4 is 14.8 Å². The van der Waals surface area contributed by atoms with E-state index < -0.39 is 0 Å². The van der Waals surface area contributed by atoms with Gasteiger partial charge in [-0.1, -0.05) is 42.5 Å². The maximum Gasteiger partial charge on any atom is 0.342 e. The van der Waals surface area contributed by atoms with E-state index in [0.29, 0.717) is 23.1 Å². The summed E-state index contributed by atoms with van der Waals surface area (Å²) in [5.74, 6) is 0.775. The van der Waals surface area contributed by atoms with E-state index in [1.54, 1.807) is 20.3 Å². The van der Waals surface area contributed by atoms with Gasteiger partial charge in [-0.2, -0.15) is 0 Å². The van der Waals surface area contributed by atoms with Crippen molar-refractivity contribution in [3.63, 3.8) is 0 Å². The normalized spacial score (nSPS) is 19.8. The number of carbonyl (C=O) groups excluding carboxylic acids is 1. The van der Waals surface area contributed by atoms with E-state index >= 15 is 0 Å². The number of rotatable bonds is 6. The second-order valence-electron chi connectivity index (χ2n) is 8.66. The van der Waals surface area contributed by atoms with Crippen LogP contribution in [0.5, 0.6) is 11.5 Å². The lowest BCUT2D eigenvalue weighted by Gasteiger charge is -2.21. The molecule has 2 aromatic rings. The molecule has 2 aromatic carbocycles. The average molecular weight is 452 g/mol. The van der Waals surface area contributed by atoms with E-state index in [9.17, 15) is 4.79 Å². The maximum atomic E-state index is 13.0. The summed E-state index contributed by atoms with van der Waals surface area (Å²) in [6.07, 6.45) is 11.1. The van der Waals surface area contributed by atoms with Crippen LogP contribution in [-0.2, 0) is 11.2 Å². The SMILES string of the molecule is COc1cc2c(c(OC)c1)C(=O)O[C@H](C)CCC[C@@H](NCCc1ccccc1)CCCC=C2. The molecule has 178 valence electrons. The van der Waals surface area contributed by atoms with Crippen molar-refractivity contribution in [2.75, 3.05) is 20.8 Å². The summed E-state index contributed by atoms with van der Waals surface area (Å²) < 4.78 is 16.7. The maximum absolute atomic E-state index is 13.0. The van der Waals surface area contributed by atoms with E-state index in [1.165, 1.54) is 5.56 Å². The van der Waals surface area contributed by atoms with Gasteiger partial charge >= 0.3 is 5.97 Å². The molecule has 0 saturated carbocycles. The highest BCUT2D eigenvalue weighted by molar-refractivity contribution is 5.97. The van der Waals surface area contributed by atoms with E-state index in [2.05, 4.69) is 41.7 Å². The Bertz CT molecular complexity index is 910. The largest absolute Gasteiger partial charge is 0.497 e. The Morgan fingerprint density at radius 3 is 2.58 bits per heavy atom. The van der Waals surface area contributed by atoms with Crippen molar-refractivity contribution >= 4 is 12.0 Å². The fourth-order valence-corrected chi connectivity index (χ4v) is 4.30. The van der Waals surface area contributed by atoms with Crippen molar-refractivity contribution in [2.24, 2.45) is 0 Å². The minimum Gasteiger partial charge on any atom is -0.497 e. The standard InChI is InChI=1S/C28H37NO4/c1-21-11-10-16-24(29-18-17-22-12-6-4-7-13-22)15-9-5-8-14-23-19-25(31-2)20-26(32-3)27(23)28(30)33-21/h4,6-8,12-14,19-21,24,29H,5,9-11,15-18H2,1-3H3/t21-,24+/m1/s1. The molecule has 0 aromatic heterocycles. The Labute approximate surface area is 198 Å². The Morgan fingerprint density at radius 2 is 1.82 bits per heavy atom. The first-order valence-corrected chi connectivity index (χ1v) is 12.0. The number of hydrogen-bond acceptors (Lipinski definition) is 5. The van der Waals surface area contributed by atoms with E-state index in [0.717, 1.165) is 57.1 Å². The van der Waals surface area contributed by atoms with E-state index in [4.69, 9.17) is 14.2 Å². The molecule has 0 amide bonds. The quantitative estimate of drug-likeness (QED) is 0.561. The van der Waals surface area contributed by atoms with Crippen molar-refractivity contribution in [3.05, 3.63) is 65.2 Å². The Kier molecular flexibility index (Phi) is 9.82. The first-order valence-electron chi connectivity index (χ1n) is 12.0. The van der Waals surface area contributed by atoms with Crippen LogP contribution in [0, 0.1) is 0 Å². The van der Waals surface area contributed by atoms with E-state index in [1.807, 2.05) is 19.1 Å². The molecule has 0 radical (unpaired) electrons. The number of cyclic esters (lactones) is 1. The Hall–Kier alpha value is -2.79. The zero-order valence-electron chi connectivity index (χ0n) is 20.1. The van der Waals surface area contributed by atoms with Crippen molar-refractivity contribution in [1.29, 1.82) is 0 Å². The van der Waals surface area contributed by atoms with Crippen LogP contribution in [0.15, 0.2) is 48.5 Å². The molecule has 1 aliphatic heterocycles. The van der Waals surface area contributed by atoms with Gasteiger partial charge in [0.2, 0.25) is 0 Å². The van der Waals surface area contributed by atoms with Crippen LogP contribution in [0.4, 0.5) is 0 Å². The second-order valence-corrected chi connectivity index (χ2v) is 8.66. The van der Waals surface area contributed by atoms with Crippen molar-refractivity contribution in [2.45, 2.75) is 64.0 Å². The van der Waals surface area contributed by atoms with E-state index in [-0.39, 0.29) is 12.1 Å². The molecule has 0 saturated heterocycles. The number of benzene rings is 2. The van der Waals surface area contributed by atoms with Gasteiger partial charge in [-0.05, 0) is 75.6 Å². The molecule has 2 atom stereocenters. The summed E-state index contributed by atoms with van der Waals surface area (Å²) in [5, 5.41) is 3.75. The molecule has 5 heteroatoms. The van der Waals surface area contributed by atoms with Gasteiger partial charge in [0.05, 0.1) is 20.3 Å². The van der Waals surface area contributed by atoms with Gasteiger partial charge in [0.1, 0.15) is 17.1 Å². The molecule has 1 aliphatic rings. The third-order valence-corrected chi connectivity index (χ3v) is 6.15. The highest BCUT2D eigenvalue weighted by Gasteiger charge is 2.22. The zero-order chi connectivity index (χ0) is 23.5. The monoisotopic (exact) mass is 451 g/mol. The smallest absolute Gasteiger partial charge is 0.342 e. The number of carbonyl (C=O) groups is 1. The number of esters is 1. The zero-order valence-corrected chi connectivity index (χ0v) is 20.1. The molecule has 1 N–H and O–H groups in total. The number of nitrogens with one attached hydrogen (secondary N) is 1. The fourth-order valence-electron chi connectivity index (χ4n) is 4.30. The predicted octanol–water partition coefficient (Wildman–Crippen LogP) is 5.82. The Morgan fingerprint density at radius 1 is 1.03 bits per heavy atom. The minimum atomic E-state index is -0.351. The topological polar surface area (TPSA) is 56.8 Å². The summed E-state index contributed by atoms with van der Waals surface area (Å²) in [4.78, 5) is 13.0. The molecular formula is C28H37NO4. The molecule has 3 rings (SSSR count). The third-order valence-electron chi connectivity index (χ3n) is 6.15. The molecule has 33 heavy (non-hydrogen) atoms. The van der Waals surface area contributed by atoms with Crippen molar-refractivity contribution in [1.82, 2.24) is 5.32 Å². The lowest BCUT2D eigenvalue weighted by Crippen LogP contribution is -2.31. The predicted molar refractivity (Wildman–Crippen MR) is 133 cm³/mol. The molecule has 0 fully saturated rings. The van der Waals surface area contributed by atoms with Crippen LogP contribution in [0.1, 0.15) is 66.9 Å². The van der Waals surface area contributed by atoms with Gasteiger partial charge in [-0.15, -0.1) is 0 Å². The fraction of sp³-hybridized carbons (Fsp3) is 0.464. The molecule has 0 aliphatic carbocycles. The minimum absolute atomic E-state index is 0.158. The summed E-state index contributed by atoms with van der Waals surface area (Å²) >= 11 is 0. The van der Waals surface area contributed by atoms with Gasteiger partial charge < -0.3 is 19.5 Å². The number of methoxy groups -OCH3 is 2. The van der Waals surface area contributed by atoms with Gasteiger partial charge in [0.15, 0.2) is 0 Å². The van der Waals surface area contributed by atoms with Gasteiger partial charge in [-0.25, -0.2) is 4.79 Å². The van der Waals surface area contributed by atoms with Crippen LogP contribution in [-0.4, -0.2) is 38.9 Å². The lowest BCUT2D eigenvalue weighted by molar-refractivity contribution is 0.0314. The van der Waals surface area contributed by atoms with Crippen molar-refractivity contribution in [3.8, 4) is 11.5 Å². The highest BCUT2D eigenvalue weighted by atomic mass is 16.5. The highest BCUT2D eigenvalue weighted by Crippen LogP contribution is 2.31. The van der Waals surface area contributed by atoms with Crippen LogP contribution in [0.3, 0.4) is 0 Å². The van der Waals surface area contributed by atoms with Crippen molar-refractivity contribution < 1.29 is 19.0 Å². The summed E-state index contributed by atoms with van der Waals surface area (Å²) in [7, 11) is 3.17. The Balaban J connectivity index is 1.69. The molecule has 5 nitrogen and oxygen atoms in total. The summed E-state index contributed by atoms with van der Waals surface area (Å²) in [5.41, 5.74) is 2.58. The third kappa shape index (κ3) is 7.64. The number of ether oxygens (including phenoxy) is 3. The molecule has 1 heterocycles. The summed E-state index contributed by atoms with van der Waals surface area (Å²) in [6, 6.07) is 14.7. The number of allylic oxidation sites excluding steroid dienone is 1.